The lowest BCUT2D eigenvalue weighted by Gasteiger charge is -2.10. The number of hydrogen-bond acceptors (Lipinski definition) is 4. The van der Waals surface area contributed by atoms with Crippen LogP contribution in [0, 0.1) is 18.3 Å². The van der Waals surface area contributed by atoms with Crippen molar-refractivity contribution in [3.63, 3.8) is 0 Å². The molecule has 2 aromatic rings. The maximum absolute atomic E-state index is 12.2. The zero-order valence-electron chi connectivity index (χ0n) is 11.3. The van der Waals surface area contributed by atoms with Crippen molar-refractivity contribution in [2.75, 3.05) is 6.61 Å². The van der Waals surface area contributed by atoms with Crippen LogP contribution in [0.2, 0.25) is 0 Å². The van der Waals surface area contributed by atoms with Gasteiger partial charge in [-0.1, -0.05) is 0 Å². The molecule has 0 aromatic carbocycles. The van der Waals surface area contributed by atoms with E-state index in [2.05, 4.69) is 5.32 Å². The molecule has 0 aliphatic heterocycles. The number of furan rings is 1. The number of nitrogens with one attached hydrogen (secondary N) is 1. The van der Waals surface area contributed by atoms with Crippen LogP contribution in [0.25, 0.3) is 5.88 Å². The first-order valence-electron chi connectivity index (χ1n) is 6.17. The lowest BCUT2D eigenvalue weighted by Crippen LogP contribution is -2.35. The molecule has 6 nitrogen and oxygen atoms in total. The molecule has 0 bridgehead atoms. The third-order valence-electron chi connectivity index (χ3n) is 2.89. The fraction of sp³-hybridized carbons (Fsp3) is 0.286. The Hall–Kier alpha value is -2.52. The molecule has 2 aromatic heterocycles. The Bertz CT molecular complexity index is 650. The second-order valence-electron chi connectivity index (χ2n) is 4.47. The van der Waals surface area contributed by atoms with E-state index in [0.717, 1.165) is 0 Å². The van der Waals surface area contributed by atoms with Gasteiger partial charge in [-0.05, 0) is 26.0 Å². The minimum absolute atomic E-state index is 0.172. The van der Waals surface area contributed by atoms with Gasteiger partial charge in [-0.25, -0.2) is 0 Å². The standard InChI is InChI=1S/C14H15N3O3/c1-9(8-18)16-13(19)12-10(2)20-14(11(12)7-15)17-5-3-4-6-17/h3-6,9,18H,8H2,1-2H3,(H,16,19). The van der Waals surface area contributed by atoms with E-state index in [1.54, 1.807) is 42.9 Å². The van der Waals surface area contributed by atoms with E-state index in [-0.39, 0.29) is 17.7 Å². The van der Waals surface area contributed by atoms with Gasteiger partial charge in [0.15, 0.2) is 0 Å². The van der Waals surface area contributed by atoms with Crippen molar-refractivity contribution < 1.29 is 14.3 Å². The molecule has 1 atom stereocenters. The molecule has 2 heterocycles. The molecule has 2 N–H and O–H groups in total. The predicted molar refractivity (Wildman–Crippen MR) is 71.5 cm³/mol. The molecule has 0 saturated carbocycles. The number of rotatable bonds is 4. The highest BCUT2D eigenvalue weighted by molar-refractivity contribution is 5.98. The van der Waals surface area contributed by atoms with Crippen molar-refractivity contribution in [1.82, 2.24) is 9.88 Å². The zero-order valence-corrected chi connectivity index (χ0v) is 11.3. The number of aromatic nitrogens is 1. The monoisotopic (exact) mass is 273 g/mol. The van der Waals surface area contributed by atoms with Crippen molar-refractivity contribution >= 4 is 5.91 Å². The normalized spacial score (nSPS) is 11.9. The smallest absolute Gasteiger partial charge is 0.256 e. The summed E-state index contributed by atoms with van der Waals surface area (Å²) in [7, 11) is 0. The Kier molecular flexibility index (Phi) is 3.91. The van der Waals surface area contributed by atoms with E-state index < -0.39 is 11.9 Å². The molecule has 6 heteroatoms. The average Bonchev–Trinajstić information content (AvgIpc) is 3.04. The summed E-state index contributed by atoms with van der Waals surface area (Å²) in [5, 5.41) is 20.9. The van der Waals surface area contributed by atoms with Crippen molar-refractivity contribution in [3.05, 3.63) is 41.4 Å². The molecule has 2 rings (SSSR count). The van der Waals surface area contributed by atoms with Gasteiger partial charge in [0.25, 0.3) is 5.91 Å². The van der Waals surface area contributed by atoms with E-state index in [1.165, 1.54) is 0 Å². The van der Waals surface area contributed by atoms with Crippen LogP contribution in [-0.2, 0) is 0 Å². The largest absolute Gasteiger partial charge is 0.443 e. The Morgan fingerprint density at radius 3 is 2.75 bits per heavy atom. The summed E-state index contributed by atoms with van der Waals surface area (Å²) in [6.45, 7) is 3.13. The third kappa shape index (κ3) is 2.44. The Balaban J connectivity index is 2.45. The SMILES string of the molecule is Cc1oc(-n2cccc2)c(C#N)c1C(=O)NC(C)CO. The van der Waals surface area contributed by atoms with Crippen LogP contribution in [-0.4, -0.2) is 28.2 Å². The van der Waals surface area contributed by atoms with Gasteiger partial charge in [-0.2, -0.15) is 5.26 Å². The molecule has 0 saturated heterocycles. The topological polar surface area (TPSA) is 91.2 Å². The third-order valence-corrected chi connectivity index (χ3v) is 2.89. The van der Waals surface area contributed by atoms with Crippen molar-refractivity contribution in [1.29, 1.82) is 5.26 Å². The second kappa shape index (κ2) is 5.63. The molecular weight excluding hydrogens is 258 g/mol. The molecule has 0 spiro atoms. The van der Waals surface area contributed by atoms with Crippen LogP contribution in [0.5, 0.6) is 0 Å². The van der Waals surface area contributed by atoms with E-state index in [0.29, 0.717) is 11.6 Å². The van der Waals surface area contributed by atoms with E-state index in [4.69, 9.17) is 9.52 Å². The maximum Gasteiger partial charge on any atom is 0.256 e. The maximum atomic E-state index is 12.2. The number of aliphatic hydroxyl groups is 1. The summed E-state index contributed by atoms with van der Waals surface area (Å²) in [6, 6.07) is 5.21. The zero-order chi connectivity index (χ0) is 14.7. The van der Waals surface area contributed by atoms with Crippen LogP contribution in [0.1, 0.15) is 28.6 Å². The highest BCUT2D eigenvalue weighted by Crippen LogP contribution is 2.25. The van der Waals surface area contributed by atoms with Gasteiger partial charge in [-0.15, -0.1) is 0 Å². The molecule has 104 valence electrons. The van der Waals surface area contributed by atoms with Gasteiger partial charge in [0.1, 0.15) is 23.0 Å². The number of carbonyl (C=O) groups is 1. The number of carbonyl (C=O) groups excluding carboxylic acids is 1. The fourth-order valence-corrected chi connectivity index (χ4v) is 1.90. The number of aryl methyl sites for hydroxylation is 1. The van der Waals surface area contributed by atoms with E-state index >= 15 is 0 Å². The molecule has 0 radical (unpaired) electrons. The molecule has 1 unspecified atom stereocenters. The molecule has 0 aliphatic rings. The summed E-state index contributed by atoms with van der Waals surface area (Å²) in [6.07, 6.45) is 3.47. The molecular formula is C14H15N3O3. The van der Waals surface area contributed by atoms with Crippen LogP contribution in [0.15, 0.2) is 28.9 Å². The highest BCUT2D eigenvalue weighted by Gasteiger charge is 2.25. The first-order valence-corrected chi connectivity index (χ1v) is 6.17. The summed E-state index contributed by atoms with van der Waals surface area (Å²) < 4.78 is 7.17. The van der Waals surface area contributed by atoms with Crippen LogP contribution in [0.4, 0.5) is 0 Å². The first-order chi connectivity index (χ1) is 9.58. The Labute approximate surface area is 116 Å². The van der Waals surface area contributed by atoms with Crippen LogP contribution < -0.4 is 5.32 Å². The summed E-state index contributed by atoms with van der Waals surface area (Å²) in [5.41, 5.74) is 0.387. The lowest BCUT2D eigenvalue weighted by molar-refractivity contribution is 0.0920. The Morgan fingerprint density at radius 2 is 2.20 bits per heavy atom. The van der Waals surface area contributed by atoms with Gasteiger partial charge in [0, 0.05) is 18.4 Å². The summed E-state index contributed by atoms with van der Waals surface area (Å²) >= 11 is 0. The van der Waals surface area contributed by atoms with Crippen LogP contribution in [0.3, 0.4) is 0 Å². The number of nitrogens with zero attached hydrogens (tertiary/aromatic N) is 2. The second-order valence-corrected chi connectivity index (χ2v) is 4.47. The first kappa shape index (κ1) is 13.9. The quantitative estimate of drug-likeness (QED) is 0.880. The molecule has 20 heavy (non-hydrogen) atoms. The van der Waals surface area contributed by atoms with E-state index in [1.807, 2.05) is 6.07 Å². The predicted octanol–water partition coefficient (Wildman–Crippen LogP) is 1.36. The van der Waals surface area contributed by atoms with E-state index in [9.17, 15) is 10.1 Å². The molecule has 0 aliphatic carbocycles. The summed E-state index contributed by atoms with van der Waals surface area (Å²) in [4.78, 5) is 12.2. The average molecular weight is 273 g/mol. The minimum Gasteiger partial charge on any atom is -0.443 e. The van der Waals surface area contributed by atoms with Gasteiger partial charge < -0.3 is 14.8 Å². The molecule has 0 fully saturated rings. The fourth-order valence-electron chi connectivity index (χ4n) is 1.90. The Morgan fingerprint density at radius 1 is 1.55 bits per heavy atom. The van der Waals surface area contributed by atoms with Gasteiger partial charge >= 0.3 is 0 Å². The highest BCUT2D eigenvalue weighted by atomic mass is 16.4. The minimum atomic E-state index is -0.428. The van der Waals surface area contributed by atoms with Crippen LogP contribution >= 0.6 is 0 Å². The van der Waals surface area contributed by atoms with Gasteiger partial charge in [0.2, 0.25) is 5.88 Å². The van der Waals surface area contributed by atoms with Gasteiger partial charge in [-0.3, -0.25) is 9.36 Å². The number of amides is 1. The number of hydrogen-bond donors (Lipinski definition) is 2. The van der Waals surface area contributed by atoms with Gasteiger partial charge in [0.05, 0.1) is 6.61 Å². The van der Waals surface area contributed by atoms with Crippen molar-refractivity contribution in [3.8, 4) is 12.0 Å². The summed E-state index contributed by atoms with van der Waals surface area (Å²) in [5.74, 6) is 0.257. The molecule has 1 amide bonds. The number of nitriles is 1. The van der Waals surface area contributed by atoms with Crippen molar-refractivity contribution in [2.24, 2.45) is 0 Å². The van der Waals surface area contributed by atoms with Crippen molar-refractivity contribution in [2.45, 2.75) is 19.9 Å². The lowest BCUT2D eigenvalue weighted by atomic mass is 10.1. The number of aliphatic hydroxyl groups excluding tert-OH is 1.